The summed E-state index contributed by atoms with van der Waals surface area (Å²) in [6, 6.07) is 4.26. The van der Waals surface area contributed by atoms with Crippen molar-refractivity contribution in [3.05, 3.63) is 23.3 Å². The Morgan fingerprint density at radius 2 is 1.92 bits per heavy atom. The van der Waals surface area contributed by atoms with Crippen molar-refractivity contribution in [2.45, 2.75) is 20.0 Å². The molecular weight excluding hydrogens is 338 g/mol. The summed E-state index contributed by atoms with van der Waals surface area (Å²) in [5, 5.41) is 0.982. The number of ether oxygens (including phenoxy) is 2. The van der Waals surface area contributed by atoms with Gasteiger partial charge >= 0.3 is 0 Å². The molecule has 1 aromatic carbocycles. The molecule has 0 radical (unpaired) electrons. The normalized spacial score (nSPS) is 21.8. The summed E-state index contributed by atoms with van der Waals surface area (Å²) in [4.78, 5) is 21.6. The SMILES string of the molecule is Cc1ccc(C)c2sc(N3CCOC(C(=O)N4CCOCC4)C3)nc12. The number of benzene rings is 1. The highest BCUT2D eigenvalue weighted by Crippen LogP contribution is 2.33. The summed E-state index contributed by atoms with van der Waals surface area (Å²) >= 11 is 1.71. The van der Waals surface area contributed by atoms with Gasteiger partial charge in [-0.25, -0.2) is 4.98 Å². The number of rotatable bonds is 2. The monoisotopic (exact) mass is 361 g/mol. The van der Waals surface area contributed by atoms with Crippen LogP contribution >= 0.6 is 11.3 Å². The van der Waals surface area contributed by atoms with Crippen molar-refractivity contribution in [1.29, 1.82) is 0 Å². The maximum atomic E-state index is 12.7. The molecule has 1 amide bonds. The first-order chi connectivity index (χ1) is 12.1. The zero-order valence-corrected chi connectivity index (χ0v) is 15.5. The number of nitrogens with zero attached hydrogens (tertiary/aromatic N) is 3. The van der Waals surface area contributed by atoms with E-state index >= 15 is 0 Å². The minimum absolute atomic E-state index is 0.0708. The third-order valence-electron chi connectivity index (χ3n) is 4.87. The average molecular weight is 361 g/mol. The summed E-state index contributed by atoms with van der Waals surface area (Å²) in [6.45, 7) is 8.62. The van der Waals surface area contributed by atoms with E-state index in [2.05, 4.69) is 30.9 Å². The van der Waals surface area contributed by atoms with Crippen LogP contribution in [0.15, 0.2) is 12.1 Å². The molecule has 0 aliphatic carbocycles. The molecule has 0 N–H and O–H groups in total. The van der Waals surface area contributed by atoms with Crippen LogP contribution in [0.25, 0.3) is 10.2 Å². The molecule has 0 spiro atoms. The van der Waals surface area contributed by atoms with Crippen molar-refractivity contribution in [2.24, 2.45) is 0 Å². The van der Waals surface area contributed by atoms with Gasteiger partial charge in [-0.15, -0.1) is 0 Å². The molecule has 2 aromatic rings. The summed E-state index contributed by atoms with van der Waals surface area (Å²) < 4.78 is 12.3. The van der Waals surface area contributed by atoms with Crippen molar-refractivity contribution < 1.29 is 14.3 Å². The van der Waals surface area contributed by atoms with E-state index in [0.29, 0.717) is 39.5 Å². The lowest BCUT2D eigenvalue weighted by Crippen LogP contribution is -2.53. The molecule has 134 valence electrons. The molecule has 2 saturated heterocycles. The molecule has 7 heteroatoms. The number of carbonyl (C=O) groups excluding carboxylic acids is 1. The van der Waals surface area contributed by atoms with Gasteiger partial charge in [-0.2, -0.15) is 0 Å². The van der Waals surface area contributed by atoms with Crippen molar-refractivity contribution in [3.63, 3.8) is 0 Å². The first kappa shape index (κ1) is 16.8. The van der Waals surface area contributed by atoms with Crippen LogP contribution < -0.4 is 4.90 Å². The number of morpholine rings is 2. The van der Waals surface area contributed by atoms with Crippen molar-refractivity contribution in [3.8, 4) is 0 Å². The summed E-state index contributed by atoms with van der Waals surface area (Å²) in [5.74, 6) is 0.0708. The molecule has 1 atom stereocenters. The zero-order valence-electron chi connectivity index (χ0n) is 14.7. The van der Waals surface area contributed by atoms with Gasteiger partial charge in [0.15, 0.2) is 11.2 Å². The number of hydrogen-bond acceptors (Lipinski definition) is 6. The Morgan fingerprint density at radius 3 is 2.68 bits per heavy atom. The van der Waals surface area contributed by atoms with Crippen molar-refractivity contribution >= 4 is 32.6 Å². The minimum atomic E-state index is -0.416. The summed E-state index contributed by atoms with van der Waals surface area (Å²) in [7, 11) is 0. The van der Waals surface area contributed by atoms with E-state index in [-0.39, 0.29) is 5.91 Å². The van der Waals surface area contributed by atoms with Crippen LogP contribution in [0.4, 0.5) is 5.13 Å². The van der Waals surface area contributed by atoms with Crippen LogP contribution in [-0.4, -0.2) is 67.9 Å². The van der Waals surface area contributed by atoms with Crippen molar-refractivity contribution in [2.75, 3.05) is 50.9 Å². The van der Waals surface area contributed by atoms with E-state index in [1.165, 1.54) is 15.8 Å². The number of carbonyl (C=O) groups is 1. The first-order valence-electron chi connectivity index (χ1n) is 8.73. The predicted octanol–water partition coefficient (Wildman–Crippen LogP) is 1.98. The zero-order chi connectivity index (χ0) is 17.4. The standard InChI is InChI=1S/C18H23N3O3S/c1-12-3-4-13(2)16-15(12)19-18(25-16)21-7-10-24-14(11-21)17(22)20-5-8-23-9-6-20/h3-4,14H,5-11H2,1-2H3. The Bertz CT molecular complexity index is 746. The molecular formula is C18H23N3O3S. The molecule has 25 heavy (non-hydrogen) atoms. The molecule has 2 aliphatic rings. The quantitative estimate of drug-likeness (QED) is 0.819. The minimum Gasteiger partial charge on any atom is -0.378 e. The lowest BCUT2D eigenvalue weighted by molar-refractivity contribution is -0.148. The maximum absolute atomic E-state index is 12.7. The number of hydrogen-bond donors (Lipinski definition) is 0. The van der Waals surface area contributed by atoms with E-state index in [1.54, 1.807) is 11.3 Å². The maximum Gasteiger partial charge on any atom is 0.253 e. The largest absolute Gasteiger partial charge is 0.378 e. The van der Waals surface area contributed by atoms with Crippen molar-refractivity contribution in [1.82, 2.24) is 9.88 Å². The van der Waals surface area contributed by atoms with Gasteiger partial charge in [0, 0.05) is 19.6 Å². The Kier molecular flexibility index (Phi) is 4.62. The fourth-order valence-electron chi connectivity index (χ4n) is 3.34. The van der Waals surface area contributed by atoms with Gasteiger partial charge in [0.25, 0.3) is 5.91 Å². The van der Waals surface area contributed by atoms with E-state index < -0.39 is 6.10 Å². The second kappa shape index (κ2) is 6.90. The van der Waals surface area contributed by atoms with E-state index in [0.717, 1.165) is 17.2 Å². The molecule has 2 fully saturated rings. The van der Waals surface area contributed by atoms with Gasteiger partial charge < -0.3 is 19.3 Å². The van der Waals surface area contributed by atoms with Gasteiger partial charge in [0.1, 0.15) is 0 Å². The third-order valence-corrected chi connectivity index (χ3v) is 6.12. The molecule has 1 unspecified atom stereocenters. The average Bonchev–Trinajstić information content (AvgIpc) is 3.12. The van der Waals surface area contributed by atoms with Gasteiger partial charge in [-0.3, -0.25) is 4.79 Å². The fourth-order valence-corrected chi connectivity index (χ4v) is 4.49. The molecule has 4 rings (SSSR count). The van der Waals surface area contributed by atoms with Crippen LogP contribution in [0.2, 0.25) is 0 Å². The molecule has 0 saturated carbocycles. The Morgan fingerprint density at radius 1 is 1.16 bits per heavy atom. The van der Waals surface area contributed by atoms with Gasteiger partial charge in [-0.1, -0.05) is 23.5 Å². The lowest BCUT2D eigenvalue weighted by Gasteiger charge is -2.36. The molecule has 2 aliphatic heterocycles. The second-order valence-electron chi connectivity index (χ2n) is 6.62. The van der Waals surface area contributed by atoms with Gasteiger partial charge in [-0.05, 0) is 25.0 Å². The Labute approximate surface area is 151 Å². The highest BCUT2D eigenvalue weighted by molar-refractivity contribution is 7.22. The second-order valence-corrected chi connectivity index (χ2v) is 7.59. The fraction of sp³-hybridized carbons (Fsp3) is 0.556. The van der Waals surface area contributed by atoms with Crippen LogP contribution in [0.5, 0.6) is 0 Å². The van der Waals surface area contributed by atoms with Crippen LogP contribution in [0, 0.1) is 13.8 Å². The topological polar surface area (TPSA) is 54.9 Å². The lowest BCUT2D eigenvalue weighted by atomic mass is 10.1. The number of thiazole rings is 1. The van der Waals surface area contributed by atoms with Crippen LogP contribution in [0.1, 0.15) is 11.1 Å². The third kappa shape index (κ3) is 3.23. The number of anilines is 1. The first-order valence-corrected chi connectivity index (χ1v) is 9.55. The number of amides is 1. The summed E-state index contributed by atoms with van der Waals surface area (Å²) in [5.41, 5.74) is 3.51. The van der Waals surface area contributed by atoms with Gasteiger partial charge in [0.2, 0.25) is 0 Å². The number of fused-ring (bicyclic) bond motifs is 1. The molecule has 6 nitrogen and oxygen atoms in total. The molecule has 0 bridgehead atoms. The number of aryl methyl sites for hydroxylation is 2. The molecule has 3 heterocycles. The molecule has 1 aromatic heterocycles. The van der Waals surface area contributed by atoms with E-state index in [9.17, 15) is 4.79 Å². The summed E-state index contributed by atoms with van der Waals surface area (Å²) in [6.07, 6.45) is -0.416. The smallest absolute Gasteiger partial charge is 0.253 e. The van der Waals surface area contributed by atoms with Gasteiger partial charge in [0.05, 0.1) is 36.6 Å². The van der Waals surface area contributed by atoms with E-state index in [4.69, 9.17) is 14.5 Å². The highest BCUT2D eigenvalue weighted by atomic mass is 32.1. The van der Waals surface area contributed by atoms with Crippen LogP contribution in [-0.2, 0) is 14.3 Å². The Balaban J connectivity index is 1.54. The highest BCUT2D eigenvalue weighted by Gasteiger charge is 2.32. The van der Waals surface area contributed by atoms with Crippen LogP contribution in [0.3, 0.4) is 0 Å². The predicted molar refractivity (Wildman–Crippen MR) is 98.4 cm³/mol. The Hall–Kier alpha value is -1.70. The number of aromatic nitrogens is 1. The van der Waals surface area contributed by atoms with E-state index in [1.807, 2.05) is 4.90 Å².